The Labute approximate surface area is 112 Å². The largest absolute Gasteiger partial charge is 0.350 e. The lowest BCUT2D eigenvalue weighted by molar-refractivity contribution is -0.126. The molecule has 0 spiro atoms. The summed E-state index contributed by atoms with van der Waals surface area (Å²) in [7, 11) is 0. The standard InChI is InChI=1S/C15H18N2O2/c1-15(7-8-15)14(19)16-11-9-12(18)17-13(11)10-5-3-2-4-6-10/h2-6,11,13H,7-9H2,1H3,(H,16,19)(H,17,18)/t11-,13?/m0/s1. The van der Waals surface area contributed by atoms with Crippen LogP contribution in [-0.4, -0.2) is 17.9 Å². The normalized spacial score (nSPS) is 27.7. The third-order valence-corrected chi connectivity index (χ3v) is 4.15. The number of carbonyl (C=O) groups excluding carboxylic acids is 2. The van der Waals surface area contributed by atoms with Gasteiger partial charge in [-0.25, -0.2) is 0 Å². The number of amides is 2. The van der Waals surface area contributed by atoms with Gasteiger partial charge < -0.3 is 10.6 Å². The van der Waals surface area contributed by atoms with E-state index in [-0.39, 0.29) is 29.3 Å². The van der Waals surface area contributed by atoms with Gasteiger partial charge in [0.2, 0.25) is 11.8 Å². The maximum atomic E-state index is 12.1. The Balaban J connectivity index is 1.75. The molecule has 4 heteroatoms. The van der Waals surface area contributed by atoms with Gasteiger partial charge in [0.1, 0.15) is 0 Å². The Morgan fingerprint density at radius 2 is 2.00 bits per heavy atom. The first-order valence-corrected chi connectivity index (χ1v) is 6.74. The smallest absolute Gasteiger partial charge is 0.226 e. The van der Waals surface area contributed by atoms with E-state index in [1.165, 1.54) is 0 Å². The van der Waals surface area contributed by atoms with Crippen molar-refractivity contribution >= 4 is 11.8 Å². The number of rotatable bonds is 3. The van der Waals surface area contributed by atoms with Crippen molar-refractivity contribution in [1.82, 2.24) is 10.6 Å². The summed E-state index contributed by atoms with van der Waals surface area (Å²) in [6, 6.07) is 9.54. The number of hydrogen-bond donors (Lipinski definition) is 2. The summed E-state index contributed by atoms with van der Waals surface area (Å²) < 4.78 is 0. The van der Waals surface area contributed by atoms with Gasteiger partial charge in [0, 0.05) is 11.8 Å². The van der Waals surface area contributed by atoms with Crippen molar-refractivity contribution in [2.75, 3.05) is 0 Å². The first-order chi connectivity index (χ1) is 9.08. The predicted octanol–water partition coefficient (Wildman–Crippen LogP) is 1.53. The minimum atomic E-state index is -0.202. The van der Waals surface area contributed by atoms with E-state index in [1.54, 1.807) is 0 Å². The quantitative estimate of drug-likeness (QED) is 0.864. The Hall–Kier alpha value is -1.84. The number of hydrogen-bond acceptors (Lipinski definition) is 2. The van der Waals surface area contributed by atoms with Crippen LogP contribution in [0.5, 0.6) is 0 Å². The molecule has 0 aromatic heterocycles. The highest BCUT2D eigenvalue weighted by Crippen LogP contribution is 2.45. The molecule has 2 fully saturated rings. The van der Waals surface area contributed by atoms with Crippen LogP contribution in [0.15, 0.2) is 30.3 Å². The molecule has 1 aromatic rings. The Bertz CT molecular complexity index is 508. The Morgan fingerprint density at radius 1 is 1.32 bits per heavy atom. The number of nitrogens with one attached hydrogen (secondary N) is 2. The van der Waals surface area contributed by atoms with E-state index in [9.17, 15) is 9.59 Å². The third-order valence-electron chi connectivity index (χ3n) is 4.15. The lowest BCUT2D eigenvalue weighted by Gasteiger charge is -2.22. The summed E-state index contributed by atoms with van der Waals surface area (Å²) >= 11 is 0. The van der Waals surface area contributed by atoms with Crippen LogP contribution in [0, 0.1) is 5.41 Å². The van der Waals surface area contributed by atoms with Crippen molar-refractivity contribution in [3.05, 3.63) is 35.9 Å². The third kappa shape index (κ3) is 2.35. The highest BCUT2D eigenvalue weighted by molar-refractivity contribution is 5.87. The van der Waals surface area contributed by atoms with Gasteiger partial charge in [-0.05, 0) is 18.4 Å². The molecule has 2 atom stereocenters. The van der Waals surface area contributed by atoms with Gasteiger partial charge in [-0.3, -0.25) is 9.59 Å². The molecule has 1 saturated carbocycles. The van der Waals surface area contributed by atoms with Gasteiger partial charge >= 0.3 is 0 Å². The van der Waals surface area contributed by atoms with Crippen LogP contribution < -0.4 is 10.6 Å². The molecule has 2 aliphatic rings. The molecule has 1 aliphatic heterocycles. The summed E-state index contributed by atoms with van der Waals surface area (Å²) in [5.41, 5.74) is 0.840. The minimum absolute atomic E-state index is 0.0000954. The molecule has 1 heterocycles. The zero-order valence-electron chi connectivity index (χ0n) is 11.0. The molecule has 2 amide bonds. The topological polar surface area (TPSA) is 58.2 Å². The molecule has 1 aromatic carbocycles. The molecule has 1 aliphatic carbocycles. The van der Waals surface area contributed by atoms with Crippen LogP contribution in [0.4, 0.5) is 0 Å². The van der Waals surface area contributed by atoms with Crippen molar-refractivity contribution in [2.24, 2.45) is 5.41 Å². The van der Waals surface area contributed by atoms with Gasteiger partial charge in [0.05, 0.1) is 12.1 Å². The summed E-state index contributed by atoms with van der Waals surface area (Å²) in [6.45, 7) is 1.98. The van der Waals surface area contributed by atoms with Gasteiger partial charge in [0.15, 0.2) is 0 Å². The van der Waals surface area contributed by atoms with Gasteiger partial charge in [-0.15, -0.1) is 0 Å². The second-order valence-corrected chi connectivity index (χ2v) is 5.80. The minimum Gasteiger partial charge on any atom is -0.350 e. The van der Waals surface area contributed by atoms with Crippen molar-refractivity contribution in [2.45, 2.75) is 38.3 Å². The van der Waals surface area contributed by atoms with Crippen LogP contribution >= 0.6 is 0 Å². The van der Waals surface area contributed by atoms with Gasteiger partial charge in [-0.1, -0.05) is 37.3 Å². The second kappa shape index (κ2) is 4.37. The molecular weight excluding hydrogens is 240 g/mol. The molecule has 0 bridgehead atoms. The molecule has 100 valence electrons. The fourth-order valence-electron chi connectivity index (χ4n) is 2.52. The molecule has 3 rings (SSSR count). The van der Waals surface area contributed by atoms with Crippen molar-refractivity contribution in [1.29, 1.82) is 0 Å². The maximum Gasteiger partial charge on any atom is 0.226 e. The van der Waals surface area contributed by atoms with E-state index in [0.29, 0.717) is 6.42 Å². The van der Waals surface area contributed by atoms with E-state index < -0.39 is 0 Å². The molecule has 19 heavy (non-hydrogen) atoms. The molecule has 1 unspecified atom stereocenters. The SMILES string of the molecule is CC1(C(=O)N[C@H]2CC(=O)NC2c2ccccc2)CC1. The monoisotopic (exact) mass is 258 g/mol. The van der Waals surface area contributed by atoms with Crippen LogP contribution in [0.25, 0.3) is 0 Å². The highest BCUT2D eigenvalue weighted by Gasteiger charge is 2.47. The van der Waals surface area contributed by atoms with Crippen LogP contribution in [0.3, 0.4) is 0 Å². The van der Waals surface area contributed by atoms with E-state index in [0.717, 1.165) is 18.4 Å². The first kappa shape index (κ1) is 12.2. The Morgan fingerprint density at radius 3 is 2.63 bits per heavy atom. The molecule has 2 N–H and O–H groups in total. The van der Waals surface area contributed by atoms with Gasteiger partial charge in [-0.2, -0.15) is 0 Å². The first-order valence-electron chi connectivity index (χ1n) is 6.74. The number of carbonyl (C=O) groups is 2. The summed E-state index contributed by atoms with van der Waals surface area (Å²) in [6.07, 6.45) is 2.26. The average Bonchev–Trinajstić information content (AvgIpc) is 3.05. The molecule has 0 radical (unpaired) electrons. The average molecular weight is 258 g/mol. The van der Waals surface area contributed by atoms with E-state index in [1.807, 2.05) is 37.3 Å². The van der Waals surface area contributed by atoms with E-state index >= 15 is 0 Å². The van der Waals surface area contributed by atoms with Crippen LogP contribution in [-0.2, 0) is 9.59 Å². The molecule has 4 nitrogen and oxygen atoms in total. The zero-order chi connectivity index (χ0) is 13.5. The van der Waals surface area contributed by atoms with E-state index in [4.69, 9.17) is 0 Å². The van der Waals surface area contributed by atoms with Crippen molar-refractivity contribution in [3.8, 4) is 0 Å². The highest BCUT2D eigenvalue weighted by atomic mass is 16.2. The number of benzene rings is 1. The fourth-order valence-corrected chi connectivity index (χ4v) is 2.52. The maximum absolute atomic E-state index is 12.1. The molecular formula is C15H18N2O2. The summed E-state index contributed by atoms with van der Waals surface area (Å²) in [4.78, 5) is 23.7. The van der Waals surface area contributed by atoms with Crippen molar-refractivity contribution in [3.63, 3.8) is 0 Å². The van der Waals surface area contributed by atoms with Crippen molar-refractivity contribution < 1.29 is 9.59 Å². The second-order valence-electron chi connectivity index (χ2n) is 5.80. The van der Waals surface area contributed by atoms with Crippen LogP contribution in [0.1, 0.15) is 37.8 Å². The lowest BCUT2D eigenvalue weighted by Crippen LogP contribution is -2.41. The van der Waals surface area contributed by atoms with Crippen LogP contribution in [0.2, 0.25) is 0 Å². The Kier molecular flexibility index (Phi) is 2.81. The lowest BCUT2D eigenvalue weighted by atomic mass is 9.99. The summed E-state index contributed by atoms with van der Waals surface area (Å²) in [5, 5.41) is 5.98. The molecule has 1 saturated heterocycles. The summed E-state index contributed by atoms with van der Waals surface area (Å²) in [5.74, 6) is 0.0787. The van der Waals surface area contributed by atoms with E-state index in [2.05, 4.69) is 10.6 Å². The zero-order valence-corrected chi connectivity index (χ0v) is 11.0. The van der Waals surface area contributed by atoms with Gasteiger partial charge in [0.25, 0.3) is 0 Å². The predicted molar refractivity (Wildman–Crippen MR) is 71.2 cm³/mol. The fraction of sp³-hybridized carbons (Fsp3) is 0.467.